The van der Waals surface area contributed by atoms with Crippen LogP contribution in [0.15, 0.2) is 65.6 Å². The van der Waals surface area contributed by atoms with Gasteiger partial charge < -0.3 is 10.2 Å². The molecule has 2 saturated heterocycles. The van der Waals surface area contributed by atoms with Crippen molar-refractivity contribution in [2.75, 3.05) is 31.5 Å². The summed E-state index contributed by atoms with van der Waals surface area (Å²) in [6.07, 6.45) is 6.32. The number of rotatable bonds is 6. The minimum Gasteiger partial charge on any atom is -0.339 e. The number of piperidine rings is 2. The van der Waals surface area contributed by atoms with Gasteiger partial charge in [-0.25, -0.2) is 8.42 Å². The second kappa shape index (κ2) is 11.2. The molecule has 2 amide bonds. The van der Waals surface area contributed by atoms with Crippen LogP contribution in [0.1, 0.15) is 38.2 Å². The lowest BCUT2D eigenvalue weighted by molar-refractivity contribution is -0.130. The Morgan fingerprint density at radius 1 is 0.886 bits per heavy atom. The van der Waals surface area contributed by atoms with Crippen LogP contribution in [0, 0.1) is 11.8 Å². The van der Waals surface area contributed by atoms with Gasteiger partial charge in [-0.1, -0.05) is 37.3 Å². The number of nitrogens with one attached hydrogen (secondary N) is 1. The summed E-state index contributed by atoms with van der Waals surface area (Å²) in [5.41, 5.74) is 1.55. The molecule has 2 aromatic carbocycles. The Labute approximate surface area is 207 Å². The van der Waals surface area contributed by atoms with E-state index in [0.29, 0.717) is 50.6 Å². The molecule has 0 atom stereocenters. The number of carbonyl (C=O) groups is 2. The van der Waals surface area contributed by atoms with Gasteiger partial charge in [0.25, 0.3) is 0 Å². The second-order valence-electron chi connectivity index (χ2n) is 9.44. The summed E-state index contributed by atoms with van der Waals surface area (Å²) in [4.78, 5) is 27.2. The van der Waals surface area contributed by atoms with Crippen LogP contribution in [0.4, 0.5) is 5.69 Å². The van der Waals surface area contributed by atoms with Crippen LogP contribution in [0.5, 0.6) is 0 Å². The first kappa shape index (κ1) is 25.1. The Morgan fingerprint density at radius 3 is 2.14 bits per heavy atom. The van der Waals surface area contributed by atoms with Crippen LogP contribution >= 0.6 is 0 Å². The quantitative estimate of drug-likeness (QED) is 0.614. The summed E-state index contributed by atoms with van der Waals surface area (Å²) in [5.74, 6) is 0.218. The van der Waals surface area contributed by atoms with Crippen LogP contribution in [-0.2, 0) is 19.6 Å². The van der Waals surface area contributed by atoms with Crippen molar-refractivity contribution in [2.24, 2.45) is 11.8 Å². The molecule has 7 nitrogen and oxygen atoms in total. The fourth-order valence-electron chi connectivity index (χ4n) is 4.53. The standard InChI is InChI=1S/C27H33N3O4S/c1-21-13-19-30(20-14-21)35(33,34)25-10-8-24(9-11-25)28-27(32)23-15-17-29(18-16-23)26(31)12-7-22-5-3-2-4-6-22/h2-12,21,23H,13-20H2,1H3,(H,28,32)/b12-7+. The van der Waals surface area contributed by atoms with Gasteiger partial charge in [-0.05, 0) is 67.5 Å². The van der Waals surface area contributed by atoms with E-state index in [1.165, 1.54) is 0 Å². The normalized spacial score (nSPS) is 18.6. The first-order valence-corrected chi connectivity index (χ1v) is 13.7. The maximum Gasteiger partial charge on any atom is 0.246 e. The Morgan fingerprint density at radius 2 is 1.51 bits per heavy atom. The van der Waals surface area contributed by atoms with Crippen LogP contribution in [-0.4, -0.2) is 55.6 Å². The molecule has 4 rings (SSSR count). The topological polar surface area (TPSA) is 86.8 Å². The van der Waals surface area contributed by atoms with E-state index in [1.54, 1.807) is 45.6 Å². The van der Waals surface area contributed by atoms with Crippen molar-refractivity contribution in [2.45, 2.75) is 37.5 Å². The molecule has 2 aromatic rings. The van der Waals surface area contributed by atoms with E-state index in [4.69, 9.17) is 0 Å². The SMILES string of the molecule is CC1CCN(S(=O)(=O)c2ccc(NC(=O)C3CCN(C(=O)/C=C/c4ccccc4)CC3)cc2)CC1. The highest BCUT2D eigenvalue weighted by atomic mass is 32.2. The van der Waals surface area contributed by atoms with Gasteiger partial charge in [0.15, 0.2) is 0 Å². The van der Waals surface area contributed by atoms with Gasteiger partial charge in [0.1, 0.15) is 0 Å². The fourth-order valence-corrected chi connectivity index (χ4v) is 6.00. The van der Waals surface area contributed by atoms with Crippen molar-refractivity contribution in [3.05, 3.63) is 66.2 Å². The molecule has 0 spiro atoms. The number of anilines is 1. The molecular formula is C27H33N3O4S. The van der Waals surface area contributed by atoms with Gasteiger partial charge in [0.05, 0.1) is 4.90 Å². The zero-order chi connectivity index (χ0) is 24.8. The maximum absolute atomic E-state index is 12.9. The van der Waals surface area contributed by atoms with Crippen molar-refractivity contribution >= 4 is 33.6 Å². The smallest absolute Gasteiger partial charge is 0.246 e. The lowest BCUT2D eigenvalue weighted by atomic mass is 9.95. The summed E-state index contributed by atoms with van der Waals surface area (Å²) in [7, 11) is -3.51. The molecule has 35 heavy (non-hydrogen) atoms. The molecule has 0 aromatic heterocycles. The molecule has 2 fully saturated rings. The fraction of sp³-hybridized carbons (Fsp3) is 0.407. The van der Waals surface area contributed by atoms with Gasteiger partial charge in [-0.2, -0.15) is 4.31 Å². The van der Waals surface area contributed by atoms with Gasteiger partial charge >= 0.3 is 0 Å². The summed E-state index contributed by atoms with van der Waals surface area (Å²) in [6, 6.07) is 16.1. The maximum atomic E-state index is 12.9. The number of hydrogen-bond donors (Lipinski definition) is 1. The minimum atomic E-state index is -3.51. The van der Waals surface area contributed by atoms with Crippen molar-refractivity contribution in [3.8, 4) is 0 Å². The van der Waals surface area contributed by atoms with Gasteiger partial charge in [-0.15, -0.1) is 0 Å². The number of benzene rings is 2. The molecule has 1 N–H and O–H groups in total. The van der Waals surface area contributed by atoms with E-state index in [-0.39, 0.29) is 22.6 Å². The number of carbonyl (C=O) groups excluding carboxylic acids is 2. The summed E-state index contributed by atoms with van der Waals surface area (Å²) in [5, 5.41) is 2.90. The van der Waals surface area contributed by atoms with Crippen LogP contribution in [0.3, 0.4) is 0 Å². The van der Waals surface area contributed by atoms with E-state index in [9.17, 15) is 18.0 Å². The molecule has 0 aliphatic carbocycles. The molecule has 0 radical (unpaired) electrons. The lowest BCUT2D eigenvalue weighted by Gasteiger charge is -2.30. The van der Waals surface area contributed by atoms with Crippen LogP contribution in [0.2, 0.25) is 0 Å². The largest absolute Gasteiger partial charge is 0.339 e. The first-order chi connectivity index (χ1) is 16.8. The third kappa shape index (κ3) is 6.38. The molecule has 0 unspecified atom stereocenters. The zero-order valence-electron chi connectivity index (χ0n) is 20.1. The van der Waals surface area contributed by atoms with Crippen LogP contribution in [0.25, 0.3) is 6.08 Å². The molecule has 2 aliphatic heterocycles. The van der Waals surface area contributed by atoms with E-state index < -0.39 is 10.0 Å². The van der Waals surface area contributed by atoms with Crippen molar-refractivity contribution in [1.29, 1.82) is 0 Å². The predicted octanol–water partition coefficient (Wildman–Crippen LogP) is 4.00. The molecule has 186 valence electrons. The van der Waals surface area contributed by atoms with Gasteiger partial charge in [0.2, 0.25) is 21.8 Å². The molecule has 2 aliphatic rings. The summed E-state index contributed by atoms with van der Waals surface area (Å²) >= 11 is 0. The zero-order valence-corrected chi connectivity index (χ0v) is 20.9. The third-order valence-electron chi connectivity index (χ3n) is 6.90. The summed E-state index contributed by atoms with van der Waals surface area (Å²) < 4.78 is 27.3. The molecule has 8 heteroatoms. The van der Waals surface area contributed by atoms with E-state index >= 15 is 0 Å². The van der Waals surface area contributed by atoms with Gasteiger partial charge in [0, 0.05) is 43.9 Å². The molecule has 2 heterocycles. The Bertz CT molecular complexity index is 1150. The number of nitrogens with zero attached hydrogens (tertiary/aromatic N) is 2. The lowest BCUT2D eigenvalue weighted by Crippen LogP contribution is -2.40. The Balaban J connectivity index is 1.27. The first-order valence-electron chi connectivity index (χ1n) is 12.3. The van der Waals surface area contributed by atoms with Crippen molar-refractivity contribution in [3.63, 3.8) is 0 Å². The van der Waals surface area contributed by atoms with E-state index in [0.717, 1.165) is 18.4 Å². The second-order valence-corrected chi connectivity index (χ2v) is 11.4. The number of likely N-dealkylation sites (tertiary alicyclic amines) is 1. The highest BCUT2D eigenvalue weighted by Crippen LogP contribution is 2.25. The Hall–Kier alpha value is -2.97. The number of sulfonamides is 1. The monoisotopic (exact) mass is 495 g/mol. The average molecular weight is 496 g/mol. The minimum absolute atomic E-state index is 0.0485. The van der Waals surface area contributed by atoms with E-state index in [1.807, 2.05) is 30.3 Å². The molecular weight excluding hydrogens is 462 g/mol. The van der Waals surface area contributed by atoms with Crippen LogP contribution < -0.4 is 5.32 Å². The highest BCUT2D eigenvalue weighted by Gasteiger charge is 2.29. The Kier molecular flexibility index (Phi) is 8.03. The third-order valence-corrected chi connectivity index (χ3v) is 8.81. The number of hydrogen-bond acceptors (Lipinski definition) is 4. The van der Waals surface area contributed by atoms with E-state index in [2.05, 4.69) is 12.2 Å². The number of amides is 2. The predicted molar refractivity (Wildman–Crippen MR) is 137 cm³/mol. The van der Waals surface area contributed by atoms with Crippen molar-refractivity contribution < 1.29 is 18.0 Å². The molecule has 0 saturated carbocycles. The molecule has 0 bridgehead atoms. The summed E-state index contributed by atoms with van der Waals surface area (Å²) in [6.45, 7) is 4.30. The van der Waals surface area contributed by atoms with Crippen molar-refractivity contribution in [1.82, 2.24) is 9.21 Å². The average Bonchev–Trinajstić information content (AvgIpc) is 2.88. The highest BCUT2D eigenvalue weighted by molar-refractivity contribution is 7.89. The van der Waals surface area contributed by atoms with Gasteiger partial charge in [-0.3, -0.25) is 9.59 Å².